The third kappa shape index (κ3) is 2.77. The minimum atomic E-state index is -0.566. The van der Waals surface area contributed by atoms with Crippen molar-refractivity contribution in [2.24, 2.45) is 5.73 Å². The van der Waals surface area contributed by atoms with E-state index >= 15 is 0 Å². The minimum absolute atomic E-state index is 0.351. The normalized spacial score (nSPS) is 17.9. The fourth-order valence-electron chi connectivity index (χ4n) is 2.34. The third-order valence-electron chi connectivity index (χ3n) is 3.30. The predicted molar refractivity (Wildman–Crippen MR) is 89.0 cm³/mol. The molecule has 4 N–H and O–H groups in total. The van der Waals surface area contributed by atoms with Gasteiger partial charge in [-0.1, -0.05) is 34.1 Å². The number of nitrogens with two attached hydrogens (primary N) is 1. The van der Waals surface area contributed by atoms with Crippen LogP contribution in [0.1, 0.15) is 16.5 Å². The second-order valence-corrected chi connectivity index (χ2v) is 6.60. The van der Waals surface area contributed by atoms with Crippen molar-refractivity contribution < 1.29 is 9.59 Å². The molecule has 5 nitrogen and oxygen atoms in total. The van der Waals surface area contributed by atoms with Gasteiger partial charge in [0.1, 0.15) is 0 Å². The number of benzene rings is 1. The van der Waals surface area contributed by atoms with E-state index in [0.717, 1.165) is 14.9 Å². The molecule has 1 aromatic carbocycles. The molecule has 7 heteroatoms. The van der Waals surface area contributed by atoms with Crippen LogP contribution in [0.15, 0.2) is 51.8 Å². The van der Waals surface area contributed by atoms with Crippen molar-refractivity contribution in [3.05, 3.63) is 62.3 Å². The van der Waals surface area contributed by atoms with Crippen LogP contribution in [-0.4, -0.2) is 11.9 Å². The number of carbonyl (C=O) groups is 2. The first-order chi connectivity index (χ1) is 10.6. The molecule has 1 aliphatic rings. The number of amides is 3. The topological polar surface area (TPSA) is 84.2 Å². The fraction of sp³-hybridized carbons (Fsp3) is 0.0667. The first-order valence-corrected chi connectivity index (χ1v) is 8.14. The van der Waals surface area contributed by atoms with E-state index in [9.17, 15) is 9.59 Å². The fourth-order valence-corrected chi connectivity index (χ4v) is 3.39. The van der Waals surface area contributed by atoms with Crippen LogP contribution >= 0.6 is 27.3 Å². The molecule has 22 heavy (non-hydrogen) atoms. The van der Waals surface area contributed by atoms with Crippen molar-refractivity contribution >= 4 is 44.9 Å². The molecule has 0 saturated carbocycles. The molecule has 2 aromatic rings. The second-order valence-electron chi connectivity index (χ2n) is 4.71. The maximum atomic E-state index is 12.0. The molecule has 1 unspecified atom stereocenters. The van der Waals surface area contributed by atoms with Crippen LogP contribution < -0.4 is 16.4 Å². The maximum absolute atomic E-state index is 12.0. The van der Waals surface area contributed by atoms with Crippen LogP contribution in [0.2, 0.25) is 0 Å². The third-order valence-corrected chi connectivity index (χ3v) is 4.76. The highest BCUT2D eigenvalue weighted by Crippen LogP contribution is 2.33. The Bertz CT molecular complexity index is 754. The smallest absolute Gasteiger partial charge is 0.320 e. The van der Waals surface area contributed by atoms with E-state index in [4.69, 9.17) is 5.73 Å². The van der Waals surface area contributed by atoms with Gasteiger partial charge in [-0.25, -0.2) is 4.79 Å². The zero-order valence-electron chi connectivity index (χ0n) is 11.3. The van der Waals surface area contributed by atoms with Crippen molar-refractivity contribution in [2.45, 2.75) is 6.04 Å². The molecular weight excluding hydrogens is 366 g/mol. The molecule has 0 radical (unpaired) electrons. The van der Waals surface area contributed by atoms with Gasteiger partial charge in [0, 0.05) is 9.35 Å². The van der Waals surface area contributed by atoms with Crippen molar-refractivity contribution in [2.75, 3.05) is 0 Å². The van der Waals surface area contributed by atoms with Crippen LogP contribution in [0.5, 0.6) is 0 Å². The minimum Gasteiger partial charge on any atom is -0.366 e. The summed E-state index contributed by atoms with van der Waals surface area (Å²) in [5.74, 6) is -0.566. The van der Waals surface area contributed by atoms with Crippen LogP contribution in [0, 0.1) is 0 Å². The maximum Gasteiger partial charge on any atom is 0.320 e. The predicted octanol–water partition coefficient (Wildman–Crippen LogP) is 2.76. The molecule has 3 rings (SSSR count). The SMILES string of the molecule is NC(=O)C1=C(c2ccc(Br)cc2)NC(=O)NC1c1cccs1. The van der Waals surface area contributed by atoms with E-state index in [-0.39, 0.29) is 6.03 Å². The van der Waals surface area contributed by atoms with Crippen LogP contribution in [0.3, 0.4) is 0 Å². The lowest BCUT2D eigenvalue weighted by Gasteiger charge is -2.28. The number of thiophene rings is 1. The van der Waals surface area contributed by atoms with Gasteiger partial charge in [0.15, 0.2) is 0 Å². The molecule has 0 bridgehead atoms. The zero-order valence-corrected chi connectivity index (χ0v) is 13.7. The van der Waals surface area contributed by atoms with Crippen molar-refractivity contribution in [1.82, 2.24) is 10.6 Å². The Hall–Kier alpha value is -2.12. The number of nitrogens with one attached hydrogen (secondary N) is 2. The molecule has 2 heterocycles. The summed E-state index contributed by atoms with van der Waals surface area (Å²) in [4.78, 5) is 24.8. The molecule has 1 atom stereocenters. The average Bonchev–Trinajstić information content (AvgIpc) is 3.01. The van der Waals surface area contributed by atoms with Crippen LogP contribution in [0.25, 0.3) is 5.70 Å². The highest BCUT2D eigenvalue weighted by atomic mass is 79.9. The van der Waals surface area contributed by atoms with Gasteiger partial charge in [-0.15, -0.1) is 11.3 Å². The molecule has 1 aliphatic heterocycles. The van der Waals surface area contributed by atoms with Gasteiger partial charge >= 0.3 is 6.03 Å². The summed E-state index contributed by atoms with van der Waals surface area (Å²) in [5.41, 5.74) is 7.10. The molecule has 0 fully saturated rings. The number of halogens is 1. The standard InChI is InChI=1S/C15H12BrN3O2S/c16-9-5-3-8(4-6-9)12-11(14(17)20)13(19-15(21)18-12)10-2-1-7-22-10/h1-7,13H,(H2,17,20)(H2,18,19,21). The number of rotatable bonds is 3. The Morgan fingerprint density at radius 3 is 2.55 bits per heavy atom. The monoisotopic (exact) mass is 377 g/mol. The lowest BCUT2D eigenvalue weighted by Crippen LogP contribution is -2.45. The number of hydrogen-bond acceptors (Lipinski definition) is 3. The molecular formula is C15H12BrN3O2S. The summed E-state index contributed by atoms with van der Waals surface area (Å²) in [6, 6.07) is 10.2. The summed E-state index contributed by atoms with van der Waals surface area (Å²) >= 11 is 4.82. The van der Waals surface area contributed by atoms with Gasteiger partial charge in [0.05, 0.1) is 17.3 Å². The molecule has 0 saturated heterocycles. The summed E-state index contributed by atoms with van der Waals surface area (Å²) < 4.78 is 0.910. The first-order valence-electron chi connectivity index (χ1n) is 6.47. The van der Waals surface area contributed by atoms with Gasteiger partial charge < -0.3 is 16.4 Å². The Balaban J connectivity index is 2.16. The number of urea groups is 1. The zero-order chi connectivity index (χ0) is 15.7. The van der Waals surface area contributed by atoms with Crippen LogP contribution in [0.4, 0.5) is 4.79 Å². The first kappa shape index (κ1) is 14.8. The van der Waals surface area contributed by atoms with Gasteiger partial charge in [0.2, 0.25) is 5.91 Å². The van der Waals surface area contributed by atoms with E-state index < -0.39 is 11.9 Å². The van der Waals surface area contributed by atoms with Gasteiger partial charge in [-0.05, 0) is 29.1 Å². The van der Waals surface area contributed by atoms with E-state index in [0.29, 0.717) is 11.3 Å². The van der Waals surface area contributed by atoms with Gasteiger partial charge in [-0.2, -0.15) is 0 Å². The second kappa shape index (κ2) is 5.94. The largest absolute Gasteiger partial charge is 0.366 e. The highest BCUT2D eigenvalue weighted by Gasteiger charge is 2.32. The number of hydrogen-bond donors (Lipinski definition) is 3. The lowest BCUT2D eigenvalue weighted by molar-refractivity contribution is -0.114. The molecule has 3 amide bonds. The molecule has 112 valence electrons. The Kier molecular flexibility index (Phi) is 4.00. The van der Waals surface area contributed by atoms with Gasteiger partial charge in [0.25, 0.3) is 0 Å². The Labute approximate surface area is 139 Å². The summed E-state index contributed by atoms with van der Waals surface area (Å²) in [6.45, 7) is 0. The van der Waals surface area contributed by atoms with E-state index in [1.165, 1.54) is 11.3 Å². The Morgan fingerprint density at radius 2 is 1.95 bits per heavy atom. The summed E-state index contributed by atoms with van der Waals surface area (Å²) in [7, 11) is 0. The van der Waals surface area contributed by atoms with E-state index in [1.807, 2.05) is 41.8 Å². The number of carbonyl (C=O) groups excluding carboxylic acids is 2. The highest BCUT2D eigenvalue weighted by molar-refractivity contribution is 9.10. The van der Waals surface area contributed by atoms with E-state index in [2.05, 4.69) is 26.6 Å². The van der Waals surface area contributed by atoms with Crippen molar-refractivity contribution in [3.8, 4) is 0 Å². The summed E-state index contributed by atoms with van der Waals surface area (Å²) in [6.07, 6.45) is 0. The Morgan fingerprint density at radius 1 is 1.23 bits per heavy atom. The quantitative estimate of drug-likeness (QED) is 0.768. The van der Waals surface area contributed by atoms with Crippen molar-refractivity contribution in [1.29, 1.82) is 0 Å². The van der Waals surface area contributed by atoms with Crippen molar-refractivity contribution in [3.63, 3.8) is 0 Å². The molecule has 0 spiro atoms. The molecule has 0 aliphatic carbocycles. The number of primary amides is 1. The molecule has 1 aromatic heterocycles. The van der Waals surface area contributed by atoms with Crippen LogP contribution in [-0.2, 0) is 4.79 Å². The average molecular weight is 378 g/mol. The lowest BCUT2D eigenvalue weighted by atomic mass is 9.96. The van der Waals surface area contributed by atoms with E-state index in [1.54, 1.807) is 0 Å². The summed E-state index contributed by atoms with van der Waals surface area (Å²) in [5, 5.41) is 7.34. The van der Waals surface area contributed by atoms with Gasteiger partial charge in [-0.3, -0.25) is 4.79 Å².